The van der Waals surface area contributed by atoms with E-state index in [9.17, 15) is 5.11 Å². The zero-order valence-corrected chi connectivity index (χ0v) is 7.77. The normalized spacial score (nSPS) is 21.5. The zero-order valence-electron chi connectivity index (χ0n) is 7.77. The average Bonchev–Trinajstić information content (AvgIpc) is 2.02. The molecule has 12 heavy (non-hydrogen) atoms. The molecule has 0 radical (unpaired) electrons. The molecule has 74 valence electrons. The molecule has 0 aromatic heterocycles. The van der Waals surface area contributed by atoms with Crippen molar-refractivity contribution in [3.8, 4) is 0 Å². The minimum absolute atomic E-state index is 0.0864. The van der Waals surface area contributed by atoms with Crippen molar-refractivity contribution in [1.82, 2.24) is 0 Å². The Kier molecular flexibility index (Phi) is 5.41. The van der Waals surface area contributed by atoms with Crippen LogP contribution in [0.25, 0.3) is 0 Å². The fourth-order valence-electron chi connectivity index (χ4n) is 0.882. The number of hydrogen-bond donors (Lipinski definition) is 3. The number of rotatable bonds is 5. The Morgan fingerprint density at radius 3 is 2.00 bits per heavy atom. The predicted octanol–water partition coefficient (Wildman–Crippen LogP) is -0.486. The molecular weight excluding hydrogens is 160 g/mol. The van der Waals surface area contributed by atoms with Crippen LogP contribution in [-0.2, 0) is 4.74 Å². The quantitative estimate of drug-likeness (QED) is 0.531. The van der Waals surface area contributed by atoms with E-state index in [2.05, 4.69) is 0 Å². The van der Waals surface area contributed by atoms with Crippen LogP contribution in [0, 0.1) is 0 Å². The third kappa shape index (κ3) is 4.01. The Bertz CT molecular complexity index is 116. The molecule has 0 rings (SSSR count). The van der Waals surface area contributed by atoms with Crippen LogP contribution in [0.4, 0.5) is 0 Å². The fourth-order valence-corrected chi connectivity index (χ4v) is 0.882. The first-order valence-corrected chi connectivity index (χ1v) is 4.11. The molecule has 0 aromatic rings. The van der Waals surface area contributed by atoms with E-state index in [-0.39, 0.29) is 12.7 Å². The summed E-state index contributed by atoms with van der Waals surface area (Å²) in [4.78, 5) is 0. The van der Waals surface area contributed by atoms with Gasteiger partial charge in [-0.1, -0.05) is 0 Å². The summed E-state index contributed by atoms with van der Waals surface area (Å²) in [6.45, 7) is 4.76. The molecular formula is C8H18O4. The highest BCUT2D eigenvalue weighted by Gasteiger charge is 2.21. The van der Waals surface area contributed by atoms with E-state index in [1.54, 1.807) is 13.8 Å². The van der Waals surface area contributed by atoms with Crippen LogP contribution in [0.1, 0.15) is 20.8 Å². The van der Waals surface area contributed by atoms with Crippen LogP contribution < -0.4 is 0 Å². The van der Waals surface area contributed by atoms with Gasteiger partial charge in [0.2, 0.25) is 0 Å². The second-order valence-electron chi connectivity index (χ2n) is 3.07. The van der Waals surface area contributed by atoms with E-state index in [0.29, 0.717) is 0 Å². The lowest BCUT2D eigenvalue weighted by Crippen LogP contribution is -2.37. The van der Waals surface area contributed by atoms with Gasteiger partial charge < -0.3 is 20.1 Å². The standard InChI is InChI=1S/C8H18O4/c1-5(4-9)12-7(3)8(11)6(2)10/h5-11H,4H2,1-3H3/t5?,6?,7-,8?/m0/s1. The summed E-state index contributed by atoms with van der Waals surface area (Å²) >= 11 is 0. The highest BCUT2D eigenvalue weighted by atomic mass is 16.5. The Labute approximate surface area is 72.8 Å². The van der Waals surface area contributed by atoms with Gasteiger partial charge in [0, 0.05) is 0 Å². The SMILES string of the molecule is CC(CO)O[C@@H](C)C(O)C(C)O. The van der Waals surface area contributed by atoms with Crippen LogP contribution in [0.2, 0.25) is 0 Å². The molecule has 3 unspecified atom stereocenters. The molecule has 0 spiro atoms. The molecule has 0 aliphatic heterocycles. The summed E-state index contributed by atoms with van der Waals surface area (Å²) in [5.74, 6) is 0. The summed E-state index contributed by atoms with van der Waals surface area (Å²) in [7, 11) is 0. The zero-order chi connectivity index (χ0) is 9.72. The molecule has 0 heterocycles. The third-order valence-corrected chi connectivity index (χ3v) is 1.68. The minimum Gasteiger partial charge on any atom is -0.394 e. The van der Waals surface area contributed by atoms with Crippen LogP contribution in [0.3, 0.4) is 0 Å². The van der Waals surface area contributed by atoms with Crippen molar-refractivity contribution in [2.24, 2.45) is 0 Å². The maximum Gasteiger partial charge on any atom is 0.105 e. The maximum atomic E-state index is 9.28. The van der Waals surface area contributed by atoms with Crippen molar-refractivity contribution in [1.29, 1.82) is 0 Å². The first-order valence-electron chi connectivity index (χ1n) is 4.11. The van der Waals surface area contributed by atoms with Gasteiger partial charge in [-0.05, 0) is 20.8 Å². The van der Waals surface area contributed by atoms with E-state index in [0.717, 1.165) is 0 Å². The Balaban J connectivity index is 3.78. The van der Waals surface area contributed by atoms with E-state index < -0.39 is 18.3 Å². The van der Waals surface area contributed by atoms with Gasteiger partial charge in [-0.3, -0.25) is 0 Å². The first kappa shape index (κ1) is 11.8. The second-order valence-corrected chi connectivity index (χ2v) is 3.07. The molecule has 0 fully saturated rings. The molecule has 3 N–H and O–H groups in total. The summed E-state index contributed by atoms with van der Waals surface area (Å²) in [6.07, 6.45) is -2.49. The number of hydrogen-bond acceptors (Lipinski definition) is 4. The molecule has 0 aromatic carbocycles. The Hall–Kier alpha value is -0.160. The summed E-state index contributed by atoms with van der Waals surface area (Å²) in [6, 6.07) is 0. The molecule has 0 saturated heterocycles. The van der Waals surface area contributed by atoms with Crippen LogP contribution in [-0.4, -0.2) is 46.3 Å². The molecule has 4 heteroatoms. The molecule has 0 aliphatic rings. The molecule has 0 saturated carbocycles. The van der Waals surface area contributed by atoms with Gasteiger partial charge >= 0.3 is 0 Å². The van der Waals surface area contributed by atoms with Crippen molar-refractivity contribution in [3.05, 3.63) is 0 Å². The maximum absolute atomic E-state index is 9.28. The minimum atomic E-state index is -0.904. The van der Waals surface area contributed by atoms with E-state index >= 15 is 0 Å². The van der Waals surface area contributed by atoms with Crippen molar-refractivity contribution < 1.29 is 20.1 Å². The van der Waals surface area contributed by atoms with E-state index in [1.807, 2.05) is 0 Å². The summed E-state index contributed by atoms with van der Waals surface area (Å²) in [5, 5.41) is 26.9. The van der Waals surface area contributed by atoms with Crippen molar-refractivity contribution in [3.63, 3.8) is 0 Å². The van der Waals surface area contributed by atoms with Crippen LogP contribution >= 0.6 is 0 Å². The molecule has 0 amide bonds. The Morgan fingerprint density at radius 2 is 1.67 bits per heavy atom. The van der Waals surface area contributed by atoms with Crippen LogP contribution in [0.5, 0.6) is 0 Å². The van der Waals surface area contributed by atoms with Gasteiger partial charge in [0.15, 0.2) is 0 Å². The average molecular weight is 178 g/mol. The Morgan fingerprint density at radius 1 is 1.17 bits per heavy atom. The lowest BCUT2D eigenvalue weighted by molar-refractivity contribution is -0.108. The fraction of sp³-hybridized carbons (Fsp3) is 1.00. The predicted molar refractivity (Wildman–Crippen MR) is 44.8 cm³/mol. The van der Waals surface area contributed by atoms with Gasteiger partial charge in [0.05, 0.1) is 24.9 Å². The van der Waals surface area contributed by atoms with Gasteiger partial charge in [0.25, 0.3) is 0 Å². The number of aliphatic hydroxyl groups excluding tert-OH is 3. The molecule has 4 atom stereocenters. The van der Waals surface area contributed by atoms with Gasteiger partial charge in [-0.2, -0.15) is 0 Å². The molecule has 0 aliphatic carbocycles. The lowest BCUT2D eigenvalue weighted by atomic mass is 10.1. The van der Waals surface area contributed by atoms with Crippen LogP contribution in [0.15, 0.2) is 0 Å². The molecule has 0 bridgehead atoms. The highest BCUT2D eigenvalue weighted by Crippen LogP contribution is 2.06. The van der Waals surface area contributed by atoms with Crippen molar-refractivity contribution >= 4 is 0 Å². The second kappa shape index (κ2) is 5.48. The summed E-state index contributed by atoms with van der Waals surface area (Å²) in [5.41, 5.74) is 0. The van der Waals surface area contributed by atoms with E-state index in [4.69, 9.17) is 14.9 Å². The van der Waals surface area contributed by atoms with Crippen molar-refractivity contribution in [2.45, 2.75) is 45.2 Å². The smallest absolute Gasteiger partial charge is 0.105 e. The topological polar surface area (TPSA) is 69.9 Å². The number of ether oxygens (including phenoxy) is 1. The van der Waals surface area contributed by atoms with E-state index in [1.165, 1.54) is 6.92 Å². The lowest BCUT2D eigenvalue weighted by Gasteiger charge is -2.24. The largest absolute Gasteiger partial charge is 0.394 e. The number of aliphatic hydroxyl groups is 3. The van der Waals surface area contributed by atoms with Gasteiger partial charge in [-0.25, -0.2) is 0 Å². The monoisotopic (exact) mass is 178 g/mol. The molecule has 4 nitrogen and oxygen atoms in total. The summed E-state index contributed by atoms with van der Waals surface area (Å²) < 4.78 is 5.16. The third-order valence-electron chi connectivity index (χ3n) is 1.68. The van der Waals surface area contributed by atoms with Gasteiger partial charge in [-0.15, -0.1) is 0 Å². The van der Waals surface area contributed by atoms with Gasteiger partial charge in [0.1, 0.15) is 6.10 Å². The highest BCUT2D eigenvalue weighted by molar-refractivity contribution is 4.70. The van der Waals surface area contributed by atoms with Crippen molar-refractivity contribution in [2.75, 3.05) is 6.61 Å². The first-order chi connectivity index (χ1) is 5.49.